The van der Waals surface area contributed by atoms with Crippen LogP contribution in [0.3, 0.4) is 0 Å². The molecule has 23 heavy (non-hydrogen) atoms. The highest BCUT2D eigenvalue weighted by Gasteiger charge is 2.32. The van der Waals surface area contributed by atoms with Gasteiger partial charge in [0.1, 0.15) is 5.69 Å². The maximum absolute atomic E-state index is 12.2. The molecule has 0 radical (unpaired) electrons. The summed E-state index contributed by atoms with van der Waals surface area (Å²) in [5.74, 6) is -1.57. The van der Waals surface area contributed by atoms with E-state index in [1.165, 1.54) is 6.07 Å². The molecule has 1 amide bonds. The number of likely N-dealkylation sites (tertiary alicyclic amines) is 1. The molecular weight excluding hydrogens is 302 g/mol. The highest BCUT2D eigenvalue weighted by molar-refractivity contribution is 5.82. The minimum atomic E-state index is -0.831. The van der Waals surface area contributed by atoms with Crippen LogP contribution in [0, 0.1) is 22.0 Å². The van der Waals surface area contributed by atoms with E-state index in [9.17, 15) is 19.7 Å². The van der Waals surface area contributed by atoms with Crippen LogP contribution in [0.15, 0.2) is 24.3 Å². The number of hydrogen-bond acceptors (Lipinski definition) is 5. The molecule has 0 bridgehead atoms. The number of nitro groups is 1. The summed E-state index contributed by atoms with van der Waals surface area (Å²) in [5, 5.41) is 22.8. The van der Waals surface area contributed by atoms with Gasteiger partial charge < -0.3 is 15.3 Å². The van der Waals surface area contributed by atoms with Crippen molar-refractivity contribution in [3.63, 3.8) is 0 Å². The van der Waals surface area contributed by atoms with Crippen molar-refractivity contribution in [2.45, 2.75) is 13.3 Å². The molecule has 1 aliphatic rings. The fraction of sp³-hybridized carbons (Fsp3) is 0.467. The Morgan fingerprint density at radius 2 is 2.13 bits per heavy atom. The number of carboxylic acid groups (broad SMARTS) is 1. The fourth-order valence-electron chi connectivity index (χ4n) is 2.80. The molecule has 2 unspecified atom stereocenters. The maximum Gasteiger partial charge on any atom is 0.306 e. The van der Waals surface area contributed by atoms with Crippen molar-refractivity contribution in [1.29, 1.82) is 0 Å². The molecular formula is C15H19N3O5. The van der Waals surface area contributed by atoms with Crippen molar-refractivity contribution in [2.75, 3.05) is 25.0 Å². The largest absolute Gasteiger partial charge is 0.481 e. The van der Waals surface area contributed by atoms with Crippen LogP contribution in [0.2, 0.25) is 0 Å². The fourth-order valence-corrected chi connectivity index (χ4v) is 2.80. The lowest BCUT2D eigenvalue weighted by Crippen LogP contribution is -2.46. The quantitative estimate of drug-likeness (QED) is 0.629. The minimum absolute atomic E-state index is 0.0602. The van der Waals surface area contributed by atoms with E-state index >= 15 is 0 Å². The van der Waals surface area contributed by atoms with Gasteiger partial charge in [-0.1, -0.05) is 19.1 Å². The predicted molar refractivity (Wildman–Crippen MR) is 83.1 cm³/mol. The van der Waals surface area contributed by atoms with E-state index in [-0.39, 0.29) is 24.1 Å². The first-order chi connectivity index (χ1) is 10.9. The van der Waals surface area contributed by atoms with Crippen LogP contribution in [0.5, 0.6) is 0 Å². The van der Waals surface area contributed by atoms with Crippen LogP contribution in [-0.2, 0) is 9.59 Å². The predicted octanol–water partition coefficient (Wildman–Crippen LogP) is 1.58. The number of nitrogens with one attached hydrogen (secondary N) is 1. The van der Waals surface area contributed by atoms with E-state index in [1.54, 1.807) is 23.1 Å². The SMILES string of the molecule is CC1CN(C(=O)CNc2ccccc2[N+](=O)[O-])CCC1C(=O)O. The first-order valence-corrected chi connectivity index (χ1v) is 7.38. The van der Waals surface area contributed by atoms with Crippen molar-refractivity contribution in [1.82, 2.24) is 4.90 Å². The number of nitro benzene ring substituents is 1. The van der Waals surface area contributed by atoms with Crippen LogP contribution < -0.4 is 5.32 Å². The molecule has 8 nitrogen and oxygen atoms in total. The Bertz CT molecular complexity index is 619. The number of piperidine rings is 1. The van der Waals surface area contributed by atoms with Gasteiger partial charge in [-0.15, -0.1) is 0 Å². The number of rotatable bonds is 5. The molecule has 1 aromatic carbocycles. The highest BCUT2D eigenvalue weighted by Crippen LogP contribution is 2.25. The standard InChI is InChI=1S/C15H19N3O5/c1-10-9-17(7-6-11(10)15(20)21)14(19)8-16-12-4-2-3-5-13(12)18(22)23/h2-5,10-11,16H,6-9H2,1H3,(H,20,21). The monoisotopic (exact) mass is 321 g/mol. The molecule has 8 heteroatoms. The Kier molecular flexibility index (Phi) is 5.15. The number of aliphatic carboxylic acids is 1. The number of anilines is 1. The topological polar surface area (TPSA) is 113 Å². The highest BCUT2D eigenvalue weighted by atomic mass is 16.6. The normalized spacial score (nSPS) is 20.8. The van der Waals surface area contributed by atoms with Crippen LogP contribution in [0.1, 0.15) is 13.3 Å². The van der Waals surface area contributed by atoms with E-state index in [2.05, 4.69) is 5.32 Å². The third kappa shape index (κ3) is 3.97. The van der Waals surface area contributed by atoms with Crippen LogP contribution in [0.4, 0.5) is 11.4 Å². The Hall–Kier alpha value is -2.64. The molecule has 2 atom stereocenters. The van der Waals surface area contributed by atoms with E-state index in [0.717, 1.165) is 0 Å². The van der Waals surface area contributed by atoms with E-state index in [0.29, 0.717) is 25.2 Å². The lowest BCUT2D eigenvalue weighted by Gasteiger charge is -2.35. The van der Waals surface area contributed by atoms with E-state index in [1.807, 2.05) is 6.92 Å². The van der Waals surface area contributed by atoms with Gasteiger partial charge in [0.2, 0.25) is 5.91 Å². The number of carboxylic acids is 1. The summed E-state index contributed by atoms with van der Waals surface area (Å²) in [6.07, 6.45) is 0.424. The zero-order valence-electron chi connectivity index (χ0n) is 12.8. The molecule has 1 aromatic rings. The third-order valence-corrected chi connectivity index (χ3v) is 4.11. The van der Waals surface area contributed by atoms with Gasteiger partial charge >= 0.3 is 5.97 Å². The summed E-state index contributed by atoms with van der Waals surface area (Å²) >= 11 is 0. The lowest BCUT2D eigenvalue weighted by molar-refractivity contribution is -0.383. The number of amides is 1. The lowest BCUT2D eigenvalue weighted by atomic mass is 9.87. The second-order valence-corrected chi connectivity index (χ2v) is 5.68. The number of para-hydroxylation sites is 2. The van der Waals surface area contributed by atoms with E-state index < -0.39 is 16.8 Å². The summed E-state index contributed by atoms with van der Waals surface area (Å²) in [5.41, 5.74) is 0.206. The molecule has 1 saturated heterocycles. The molecule has 0 spiro atoms. The number of hydrogen-bond donors (Lipinski definition) is 2. The molecule has 1 heterocycles. The average Bonchev–Trinajstić information content (AvgIpc) is 2.52. The van der Waals surface area contributed by atoms with Crippen molar-refractivity contribution in [3.8, 4) is 0 Å². The van der Waals surface area contributed by atoms with Gasteiger partial charge in [-0.25, -0.2) is 0 Å². The molecule has 1 aliphatic heterocycles. The van der Waals surface area contributed by atoms with Gasteiger partial charge in [-0.3, -0.25) is 19.7 Å². The number of carbonyl (C=O) groups is 2. The average molecular weight is 321 g/mol. The van der Waals surface area contributed by atoms with E-state index in [4.69, 9.17) is 5.11 Å². The zero-order chi connectivity index (χ0) is 17.0. The Morgan fingerprint density at radius 1 is 1.43 bits per heavy atom. The first kappa shape index (κ1) is 16.7. The second-order valence-electron chi connectivity index (χ2n) is 5.68. The summed E-state index contributed by atoms with van der Waals surface area (Å²) in [6.45, 7) is 2.52. The summed E-state index contributed by atoms with van der Waals surface area (Å²) in [6, 6.07) is 6.13. The van der Waals surface area contributed by atoms with Gasteiger partial charge in [0.25, 0.3) is 5.69 Å². The second kappa shape index (κ2) is 7.08. The van der Waals surface area contributed by atoms with Gasteiger partial charge in [-0.05, 0) is 18.4 Å². The first-order valence-electron chi connectivity index (χ1n) is 7.38. The van der Waals surface area contributed by atoms with Crippen LogP contribution >= 0.6 is 0 Å². The van der Waals surface area contributed by atoms with Crippen molar-refractivity contribution in [2.24, 2.45) is 11.8 Å². The molecule has 124 valence electrons. The van der Waals surface area contributed by atoms with Gasteiger partial charge in [0.15, 0.2) is 0 Å². The van der Waals surface area contributed by atoms with Crippen molar-refractivity contribution < 1.29 is 19.6 Å². The molecule has 0 saturated carbocycles. The third-order valence-electron chi connectivity index (χ3n) is 4.11. The summed E-state index contributed by atoms with van der Waals surface area (Å²) in [7, 11) is 0. The molecule has 0 aliphatic carbocycles. The molecule has 1 fully saturated rings. The Balaban J connectivity index is 1.94. The Morgan fingerprint density at radius 3 is 2.74 bits per heavy atom. The summed E-state index contributed by atoms with van der Waals surface area (Å²) < 4.78 is 0. The van der Waals surface area contributed by atoms with Gasteiger partial charge in [-0.2, -0.15) is 0 Å². The zero-order valence-corrected chi connectivity index (χ0v) is 12.8. The maximum atomic E-state index is 12.2. The van der Waals surface area contributed by atoms with Crippen LogP contribution in [0.25, 0.3) is 0 Å². The van der Waals surface area contributed by atoms with Gasteiger partial charge in [0.05, 0.1) is 17.4 Å². The molecule has 0 aromatic heterocycles. The van der Waals surface area contributed by atoms with Crippen molar-refractivity contribution in [3.05, 3.63) is 34.4 Å². The summed E-state index contributed by atoms with van der Waals surface area (Å²) in [4.78, 5) is 35.3. The molecule has 2 N–H and O–H groups in total. The van der Waals surface area contributed by atoms with Crippen molar-refractivity contribution >= 4 is 23.3 Å². The van der Waals surface area contributed by atoms with Gasteiger partial charge in [0, 0.05) is 19.2 Å². The number of benzene rings is 1. The minimum Gasteiger partial charge on any atom is -0.481 e. The smallest absolute Gasteiger partial charge is 0.306 e. The molecule has 2 rings (SSSR count). The number of nitrogens with zero attached hydrogens (tertiary/aromatic N) is 2. The van der Waals surface area contributed by atoms with Crippen LogP contribution in [-0.4, -0.2) is 46.4 Å². The number of carbonyl (C=O) groups excluding carboxylic acids is 1. The Labute approximate surface area is 133 Å².